The number of nitrogens with zero attached hydrogens (tertiary/aromatic N) is 1. The maximum absolute atomic E-state index is 13.8. The van der Waals surface area contributed by atoms with Gasteiger partial charge < -0.3 is 14.6 Å². The number of likely N-dealkylation sites (tertiary alicyclic amines) is 1. The number of phenols is 1. The number of fused-ring (bicyclic) bond motifs is 1. The van der Waals surface area contributed by atoms with Crippen molar-refractivity contribution in [2.45, 2.75) is 25.9 Å². The summed E-state index contributed by atoms with van der Waals surface area (Å²) in [6.45, 7) is 5.79. The molecule has 0 aliphatic carbocycles. The second-order valence-corrected chi connectivity index (χ2v) is 11.2. The van der Waals surface area contributed by atoms with Gasteiger partial charge in [-0.1, -0.05) is 6.92 Å². The van der Waals surface area contributed by atoms with Crippen molar-refractivity contribution in [3.8, 4) is 27.7 Å². The number of aromatic hydroxyl groups is 1. The third-order valence-electron chi connectivity index (χ3n) is 6.90. The third-order valence-corrected chi connectivity index (χ3v) is 8.10. The fourth-order valence-corrected chi connectivity index (χ4v) is 6.12. The van der Waals surface area contributed by atoms with Gasteiger partial charge in [0, 0.05) is 39.2 Å². The van der Waals surface area contributed by atoms with Crippen LogP contribution >= 0.6 is 11.3 Å². The van der Waals surface area contributed by atoms with Gasteiger partial charge in [0.1, 0.15) is 30.3 Å². The molecular weight excluding hydrogens is 555 g/mol. The molecule has 0 amide bonds. The number of ether oxygens (including phenoxy) is 2. The normalized spacial score (nSPS) is 15.8. The highest BCUT2D eigenvalue weighted by Crippen LogP contribution is 2.42. The molecule has 1 saturated heterocycles. The minimum absolute atomic E-state index is 0.0471. The molecule has 214 valence electrons. The van der Waals surface area contributed by atoms with Gasteiger partial charge >= 0.3 is 12.1 Å². The summed E-state index contributed by atoms with van der Waals surface area (Å²) in [7, 11) is 0. The molecular formula is C31H28F3NO5S. The number of phenolic OH excluding ortho intramolecular Hbond substituents is 1. The van der Waals surface area contributed by atoms with E-state index in [-0.39, 0.29) is 17.3 Å². The molecule has 0 bridgehead atoms. The summed E-state index contributed by atoms with van der Waals surface area (Å²) in [6, 6.07) is 17.7. The monoisotopic (exact) mass is 583 g/mol. The summed E-state index contributed by atoms with van der Waals surface area (Å²) in [5, 5.41) is 10.3. The lowest BCUT2D eigenvalue weighted by molar-refractivity contribution is -0.164. The van der Waals surface area contributed by atoms with E-state index >= 15 is 0 Å². The van der Waals surface area contributed by atoms with E-state index in [0.29, 0.717) is 49.9 Å². The number of carbonyl (C=O) groups excluding carboxylic acids is 2. The largest absolute Gasteiger partial charge is 0.508 e. The zero-order valence-corrected chi connectivity index (χ0v) is 23.1. The highest BCUT2D eigenvalue weighted by atomic mass is 32.1. The van der Waals surface area contributed by atoms with Crippen molar-refractivity contribution in [2.24, 2.45) is 5.92 Å². The molecule has 5 rings (SSSR count). The molecule has 41 heavy (non-hydrogen) atoms. The Morgan fingerprint density at radius 3 is 2.39 bits per heavy atom. The minimum atomic E-state index is -4.68. The number of thiophene rings is 1. The second kappa shape index (κ2) is 11.9. The number of esters is 1. The quantitative estimate of drug-likeness (QED) is 0.129. The van der Waals surface area contributed by atoms with E-state index < -0.39 is 18.6 Å². The van der Waals surface area contributed by atoms with Gasteiger partial charge in [0.2, 0.25) is 0 Å². The Kier molecular flexibility index (Phi) is 8.32. The predicted molar refractivity (Wildman–Crippen MR) is 151 cm³/mol. The van der Waals surface area contributed by atoms with Gasteiger partial charge in [0.15, 0.2) is 5.78 Å². The molecule has 0 radical (unpaired) electrons. The van der Waals surface area contributed by atoms with Crippen LogP contribution in [0.3, 0.4) is 0 Å². The Hall–Kier alpha value is -3.89. The number of ketones is 1. The number of alkyl halides is 3. The highest BCUT2D eigenvalue weighted by Gasteiger charge is 2.32. The Bertz CT molecular complexity index is 1550. The van der Waals surface area contributed by atoms with Crippen LogP contribution < -0.4 is 9.47 Å². The van der Waals surface area contributed by atoms with E-state index in [4.69, 9.17) is 9.47 Å². The van der Waals surface area contributed by atoms with Crippen molar-refractivity contribution in [2.75, 3.05) is 26.2 Å². The summed E-state index contributed by atoms with van der Waals surface area (Å²) in [6.07, 6.45) is -5.18. The topological polar surface area (TPSA) is 76.1 Å². The standard InChI is InChI=1S/C31H28F3NO5S/c1-19-12-13-35(18-19)14-15-39-23-8-4-20(5-9-23)29(38)28-25-11-10-24(40-27(37)17-31(32,33)34)16-26(25)41-30(28)21-2-6-22(36)7-3-21/h2-11,16,19,36H,12-15,17-18H2,1H3. The molecule has 1 aromatic heterocycles. The number of rotatable bonds is 9. The van der Waals surface area contributed by atoms with Crippen LogP contribution in [0.1, 0.15) is 35.7 Å². The molecule has 10 heteroatoms. The minimum Gasteiger partial charge on any atom is -0.508 e. The summed E-state index contributed by atoms with van der Waals surface area (Å²) in [5.41, 5.74) is 1.52. The van der Waals surface area contributed by atoms with Crippen LogP contribution in [0.5, 0.6) is 17.2 Å². The van der Waals surface area contributed by atoms with E-state index in [0.717, 1.165) is 19.6 Å². The predicted octanol–water partition coefficient (Wildman–Crippen LogP) is 7.08. The first-order valence-electron chi connectivity index (χ1n) is 13.2. The lowest BCUT2D eigenvalue weighted by atomic mass is 9.97. The Morgan fingerprint density at radius 1 is 1.02 bits per heavy atom. The van der Waals surface area contributed by atoms with E-state index in [9.17, 15) is 27.9 Å². The first-order valence-corrected chi connectivity index (χ1v) is 14.0. The maximum Gasteiger partial charge on any atom is 0.399 e. The van der Waals surface area contributed by atoms with Gasteiger partial charge in [-0.2, -0.15) is 13.2 Å². The average Bonchev–Trinajstić information content (AvgIpc) is 3.51. The first kappa shape index (κ1) is 28.6. The number of hydrogen-bond acceptors (Lipinski definition) is 7. The number of carbonyl (C=O) groups is 2. The second-order valence-electron chi connectivity index (χ2n) is 10.2. The van der Waals surface area contributed by atoms with Crippen molar-refractivity contribution in [1.29, 1.82) is 0 Å². The zero-order chi connectivity index (χ0) is 29.1. The summed E-state index contributed by atoms with van der Waals surface area (Å²) in [5.74, 6) is -0.283. The fourth-order valence-electron chi connectivity index (χ4n) is 4.88. The highest BCUT2D eigenvalue weighted by molar-refractivity contribution is 7.22. The van der Waals surface area contributed by atoms with E-state index in [2.05, 4.69) is 11.8 Å². The average molecular weight is 584 g/mol. The molecule has 0 spiro atoms. The van der Waals surface area contributed by atoms with E-state index in [1.54, 1.807) is 42.5 Å². The molecule has 1 aliphatic rings. The molecule has 0 saturated carbocycles. The smallest absolute Gasteiger partial charge is 0.399 e. The molecule has 1 N–H and O–H groups in total. The Morgan fingerprint density at radius 2 is 1.73 bits per heavy atom. The van der Waals surface area contributed by atoms with Crippen LogP contribution in [-0.4, -0.2) is 54.2 Å². The van der Waals surface area contributed by atoms with E-state index in [1.807, 2.05) is 0 Å². The van der Waals surface area contributed by atoms with Gasteiger partial charge in [0.25, 0.3) is 0 Å². The van der Waals surface area contributed by atoms with Crippen LogP contribution in [0, 0.1) is 5.92 Å². The molecule has 3 aromatic carbocycles. The number of hydrogen-bond donors (Lipinski definition) is 1. The first-order chi connectivity index (χ1) is 19.6. The lowest BCUT2D eigenvalue weighted by Gasteiger charge is -2.15. The zero-order valence-electron chi connectivity index (χ0n) is 22.2. The molecule has 1 aliphatic heterocycles. The maximum atomic E-state index is 13.8. The third kappa shape index (κ3) is 7.07. The van der Waals surface area contributed by atoms with Gasteiger partial charge in [-0.05, 0) is 91.2 Å². The van der Waals surface area contributed by atoms with Crippen molar-refractivity contribution < 1.29 is 37.3 Å². The van der Waals surface area contributed by atoms with Crippen LogP contribution in [0.2, 0.25) is 0 Å². The van der Waals surface area contributed by atoms with Gasteiger partial charge in [0.05, 0.1) is 0 Å². The summed E-state index contributed by atoms with van der Waals surface area (Å²) < 4.78 is 49.1. The number of benzene rings is 3. The lowest BCUT2D eigenvalue weighted by Crippen LogP contribution is -2.25. The van der Waals surface area contributed by atoms with Crippen LogP contribution in [-0.2, 0) is 4.79 Å². The van der Waals surface area contributed by atoms with Crippen LogP contribution in [0.4, 0.5) is 13.2 Å². The summed E-state index contributed by atoms with van der Waals surface area (Å²) in [4.78, 5) is 28.5. The molecule has 1 unspecified atom stereocenters. The molecule has 1 atom stereocenters. The number of halogens is 3. The van der Waals surface area contributed by atoms with Crippen LogP contribution in [0.25, 0.3) is 20.5 Å². The van der Waals surface area contributed by atoms with Gasteiger partial charge in [-0.3, -0.25) is 14.5 Å². The van der Waals surface area contributed by atoms with Crippen molar-refractivity contribution in [3.05, 3.63) is 77.9 Å². The van der Waals surface area contributed by atoms with E-state index in [1.165, 1.54) is 42.0 Å². The van der Waals surface area contributed by atoms with Crippen molar-refractivity contribution in [1.82, 2.24) is 4.90 Å². The molecule has 6 nitrogen and oxygen atoms in total. The SMILES string of the molecule is CC1CCN(CCOc2ccc(C(=O)c3c(-c4ccc(O)cc4)sc4cc(OC(=O)CC(F)(F)F)ccc34)cc2)C1. The van der Waals surface area contributed by atoms with Crippen molar-refractivity contribution in [3.63, 3.8) is 0 Å². The van der Waals surface area contributed by atoms with Gasteiger partial charge in [-0.15, -0.1) is 11.3 Å². The molecule has 4 aromatic rings. The Balaban J connectivity index is 1.40. The molecule has 1 fully saturated rings. The summed E-state index contributed by atoms with van der Waals surface area (Å²) >= 11 is 1.24. The van der Waals surface area contributed by atoms with Gasteiger partial charge in [-0.25, -0.2) is 0 Å². The Labute approximate surface area is 238 Å². The van der Waals surface area contributed by atoms with Crippen LogP contribution in [0.15, 0.2) is 66.7 Å². The fraction of sp³-hybridized carbons (Fsp3) is 0.290. The van der Waals surface area contributed by atoms with Crippen molar-refractivity contribution >= 4 is 33.2 Å². The molecule has 2 heterocycles.